The number of likely N-dealkylation sites (N-methyl/N-ethyl adjacent to an activating group) is 1. The Hall–Kier alpha value is -0.120. The predicted molar refractivity (Wildman–Crippen MR) is 125 cm³/mol. The molecular formula is C19H43IN6. The van der Waals surface area contributed by atoms with Crippen molar-refractivity contribution in [2.24, 2.45) is 4.99 Å². The van der Waals surface area contributed by atoms with Crippen molar-refractivity contribution in [2.75, 3.05) is 66.5 Å². The Morgan fingerprint density at radius 3 is 2.08 bits per heavy atom. The summed E-state index contributed by atoms with van der Waals surface area (Å²) in [6.07, 6.45) is 2.44. The van der Waals surface area contributed by atoms with Crippen LogP contribution < -0.4 is 10.6 Å². The molecule has 0 aromatic rings. The standard InChI is InChI=1S/C19H42N6.HI/c1-17(2)25(18(3)4)12-10-22-19(20-5)21-9-7-8-11-24-15-13-23(6)14-16-24;/h17-18H,7-16H2,1-6H3,(H2,20,21,22);1H. The topological polar surface area (TPSA) is 46.1 Å². The number of hydrogen-bond donors (Lipinski definition) is 2. The van der Waals surface area contributed by atoms with Gasteiger partial charge in [0.15, 0.2) is 5.96 Å². The molecule has 0 amide bonds. The van der Waals surface area contributed by atoms with Crippen molar-refractivity contribution in [3.05, 3.63) is 0 Å². The highest BCUT2D eigenvalue weighted by molar-refractivity contribution is 14.0. The van der Waals surface area contributed by atoms with Crippen LogP contribution in [0.25, 0.3) is 0 Å². The van der Waals surface area contributed by atoms with Crippen molar-refractivity contribution in [1.82, 2.24) is 25.3 Å². The maximum atomic E-state index is 4.33. The summed E-state index contributed by atoms with van der Waals surface area (Å²) in [4.78, 5) is 11.8. The molecular weight excluding hydrogens is 439 g/mol. The predicted octanol–water partition coefficient (Wildman–Crippen LogP) is 1.92. The van der Waals surface area contributed by atoms with Crippen LogP contribution in [-0.4, -0.2) is 99.2 Å². The van der Waals surface area contributed by atoms with Crippen molar-refractivity contribution in [3.63, 3.8) is 0 Å². The van der Waals surface area contributed by atoms with Gasteiger partial charge in [-0.2, -0.15) is 0 Å². The second-order valence-electron chi connectivity index (χ2n) is 7.70. The van der Waals surface area contributed by atoms with Crippen molar-refractivity contribution in [2.45, 2.75) is 52.6 Å². The monoisotopic (exact) mass is 482 g/mol. The molecule has 0 aliphatic carbocycles. The third kappa shape index (κ3) is 10.9. The number of aliphatic imine (C=N–C) groups is 1. The Labute approximate surface area is 179 Å². The first kappa shape index (κ1) is 25.9. The van der Waals surface area contributed by atoms with Crippen LogP contribution in [0.2, 0.25) is 0 Å². The molecule has 26 heavy (non-hydrogen) atoms. The molecule has 0 spiro atoms. The van der Waals surface area contributed by atoms with Crippen molar-refractivity contribution >= 4 is 29.9 Å². The molecule has 0 saturated carbocycles. The van der Waals surface area contributed by atoms with Crippen LogP contribution >= 0.6 is 24.0 Å². The number of halogens is 1. The average molecular weight is 482 g/mol. The maximum absolute atomic E-state index is 4.33. The number of piperazine rings is 1. The first-order chi connectivity index (χ1) is 11.9. The molecule has 1 saturated heterocycles. The van der Waals surface area contributed by atoms with E-state index in [1.165, 1.54) is 45.6 Å². The molecule has 1 aliphatic heterocycles. The van der Waals surface area contributed by atoms with Gasteiger partial charge in [0, 0.05) is 64.9 Å². The van der Waals surface area contributed by atoms with Crippen LogP contribution in [0.5, 0.6) is 0 Å². The minimum absolute atomic E-state index is 0. The van der Waals surface area contributed by atoms with Gasteiger partial charge in [0.2, 0.25) is 0 Å². The van der Waals surface area contributed by atoms with Gasteiger partial charge in [0.1, 0.15) is 0 Å². The van der Waals surface area contributed by atoms with E-state index >= 15 is 0 Å². The summed E-state index contributed by atoms with van der Waals surface area (Å²) in [5.74, 6) is 0.923. The molecule has 6 nitrogen and oxygen atoms in total. The molecule has 1 heterocycles. The van der Waals surface area contributed by atoms with Gasteiger partial charge in [-0.3, -0.25) is 9.89 Å². The highest BCUT2D eigenvalue weighted by Gasteiger charge is 2.13. The Morgan fingerprint density at radius 1 is 0.962 bits per heavy atom. The minimum atomic E-state index is 0. The Morgan fingerprint density at radius 2 is 1.54 bits per heavy atom. The van der Waals surface area contributed by atoms with E-state index in [9.17, 15) is 0 Å². The molecule has 0 aromatic heterocycles. The third-order valence-corrected chi connectivity index (χ3v) is 5.00. The van der Waals surface area contributed by atoms with Gasteiger partial charge in [-0.1, -0.05) is 0 Å². The highest BCUT2D eigenvalue weighted by atomic mass is 127. The lowest BCUT2D eigenvalue weighted by Gasteiger charge is -2.32. The van der Waals surface area contributed by atoms with Crippen molar-refractivity contribution in [3.8, 4) is 0 Å². The van der Waals surface area contributed by atoms with Crippen molar-refractivity contribution in [1.29, 1.82) is 0 Å². The molecule has 1 fully saturated rings. The van der Waals surface area contributed by atoms with Gasteiger partial charge in [-0.15, -0.1) is 24.0 Å². The number of guanidine groups is 1. The van der Waals surface area contributed by atoms with E-state index in [0.717, 1.165) is 25.6 Å². The summed E-state index contributed by atoms with van der Waals surface area (Å²) in [6, 6.07) is 1.15. The second kappa shape index (κ2) is 14.9. The zero-order chi connectivity index (χ0) is 18.7. The Kier molecular flexibility index (Phi) is 14.8. The molecule has 1 aliphatic rings. The largest absolute Gasteiger partial charge is 0.356 e. The fraction of sp³-hybridized carbons (Fsp3) is 0.947. The maximum Gasteiger partial charge on any atom is 0.191 e. The fourth-order valence-corrected chi connectivity index (χ4v) is 3.38. The number of hydrogen-bond acceptors (Lipinski definition) is 4. The quantitative estimate of drug-likeness (QED) is 0.216. The van der Waals surface area contributed by atoms with E-state index < -0.39 is 0 Å². The van der Waals surface area contributed by atoms with Gasteiger partial charge in [-0.05, 0) is 54.1 Å². The first-order valence-corrected chi connectivity index (χ1v) is 10.0. The number of nitrogens with one attached hydrogen (secondary N) is 2. The summed E-state index contributed by atoms with van der Waals surface area (Å²) in [7, 11) is 4.06. The smallest absolute Gasteiger partial charge is 0.191 e. The van der Waals surface area contributed by atoms with E-state index in [1.807, 2.05) is 7.05 Å². The van der Waals surface area contributed by atoms with Crippen LogP contribution in [0.1, 0.15) is 40.5 Å². The summed E-state index contributed by atoms with van der Waals surface area (Å²) in [5, 5.41) is 6.88. The Bertz CT molecular complexity index is 359. The van der Waals surface area contributed by atoms with Crippen molar-refractivity contribution < 1.29 is 0 Å². The number of rotatable bonds is 10. The van der Waals surface area contributed by atoms with E-state index in [-0.39, 0.29) is 24.0 Å². The molecule has 0 aromatic carbocycles. The third-order valence-electron chi connectivity index (χ3n) is 5.00. The van der Waals surface area contributed by atoms with Crippen LogP contribution in [0.15, 0.2) is 4.99 Å². The van der Waals surface area contributed by atoms with Gasteiger partial charge < -0.3 is 20.4 Å². The normalized spacial score (nSPS) is 17.0. The molecule has 0 unspecified atom stereocenters. The number of unbranched alkanes of at least 4 members (excludes halogenated alkanes) is 1. The first-order valence-electron chi connectivity index (χ1n) is 10.0. The van der Waals surface area contributed by atoms with Crippen LogP contribution in [-0.2, 0) is 0 Å². The van der Waals surface area contributed by atoms with Gasteiger partial charge >= 0.3 is 0 Å². The van der Waals surface area contributed by atoms with E-state index in [2.05, 4.69) is 65.1 Å². The van der Waals surface area contributed by atoms with Crippen LogP contribution in [0.3, 0.4) is 0 Å². The van der Waals surface area contributed by atoms with Gasteiger partial charge in [0.05, 0.1) is 0 Å². The lowest BCUT2D eigenvalue weighted by atomic mass is 10.2. The van der Waals surface area contributed by atoms with E-state index in [0.29, 0.717) is 12.1 Å². The summed E-state index contributed by atoms with van der Waals surface area (Å²) < 4.78 is 0. The molecule has 0 atom stereocenters. The van der Waals surface area contributed by atoms with Crippen LogP contribution in [0.4, 0.5) is 0 Å². The Balaban J connectivity index is 0.00000625. The molecule has 2 N–H and O–H groups in total. The van der Waals surface area contributed by atoms with Crippen LogP contribution in [0, 0.1) is 0 Å². The zero-order valence-corrected chi connectivity index (χ0v) is 20.3. The average Bonchev–Trinajstić information content (AvgIpc) is 2.57. The van der Waals surface area contributed by atoms with E-state index in [4.69, 9.17) is 0 Å². The van der Waals surface area contributed by atoms with Gasteiger partial charge in [-0.25, -0.2) is 0 Å². The summed E-state index contributed by atoms with van der Waals surface area (Å²) >= 11 is 0. The SMILES string of the molecule is CN=C(NCCCCN1CCN(C)CC1)NCCN(C(C)C)C(C)C.I. The van der Waals surface area contributed by atoms with Gasteiger partial charge in [0.25, 0.3) is 0 Å². The zero-order valence-electron chi connectivity index (χ0n) is 17.9. The number of nitrogens with zero attached hydrogens (tertiary/aromatic N) is 4. The molecule has 1 rings (SSSR count). The lowest BCUT2D eigenvalue weighted by molar-refractivity contribution is 0.152. The molecule has 0 radical (unpaired) electrons. The van der Waals surface area contributed by atoms with E-state index in [1.54, 1.807) is 0 Å². The summed E-state index contributed by atoms with van der Waals surface area (Å²) in [6.45, 7) is 18.1. The highest BCUT2D eigenvalue weighted by Crippen LogP contribution is 2.03. The fourth-order valence-electron chi connectivity index (χ4n) is 3.38. The molecule has 7 heteroatoms. The second-order valence-corrected chi connectivity index (χ2v) is 7.70. The minimum Gasteiger partial charge on any atom is -0.356 e. The lowest BCUT2D eigenvalue weighted by Crippen LogP contribution is -2.45. The molecule has 156 valence electrons. The molecule has 0 bridgehead atoms. The summed E-state index contributed by atoms with van der Waals surface area (Å²) in [5.41, 5.74) is 0.